The third-order valence-electron chi connectivity index (χ3n) is 2.67. The first-order chi connectivity index (χ1) is 8.75. The number of aromatic nitrogens is 2. The Morgan fingerprint density at radius 2 is 2.00 bits per heavy atom. The molecule has 0 aliphatic heterocycles. The lowest BCUT2D eigenvalue weighted by Gasteiger charge is -2.18. The van der Waals surface area contributed by atoms with E-state index in [0.29, 0.717) is 11.9 Å². The Hall–Kier alpha value is -2.04. The maximum atomic E-state index is 5.23. The minimum Gasteiger partial charge on any atom is -0.408 e. The van der Waals surface area contributed by atoms with E-state index < -0.39 is 0 Å². The molecule has 0 unspecified atom stereocenters. The largest absolute Gasteiger partial charge is 0.408 e. The van der Waals surface area contributed by atoms with Crippen molar-refractivity contribution in [3.8, 4) is 0 Å². The van der Waals surface area contributed by atoms with Gasteiger partial charge in [-0.2, -0.15) is 0 Å². The molecule has 0 saturated carbocycles. The van der Waals surface area contributed by atoms with Crippen LogP contribution < -0.4 is 10.2 Å². The number of aryl methyl sites for hydroxylation is 1. The van der Waals surface area contributed by atoms with Crippen molar-refractivity contribution < 1.29 is 4.42 Å². The highest BCUT2D eigenvalue weighted by Gasteiger charge is 2.02. The average molecular weight is 246 g/mol. The zero-order valence-corrected chi connectivity index (χ0v) is 10.8. The molecule has 2 aromatic rings. The molecule has 0 saturated heterocycles. The normalized spacial score (nSPS) is 10.3. The molecule has 1 heterocycles. The van der Waals surface area contributed by atoms with Crippen molar-refractivity contribution in [3.63, 3.8) is 0 Å². The molecule has 1 aromatic heterocycles. The second kappa shape index (κ2) is 6.05. The second-order valence-electron chi connectivity index (χ2n) is 4.16. The zero-order valence-electron chi connectivity index (χ0n) is 10.8. The van der Waals surface area contributed by atoms with Crippen molar-refractivity contribution in [2.24, 2.45) is 0 Å². The lowest BCUT2D eigenvalue weighted by Crippen LogP contribution is -2.20. The van der Waals surface area contributed by atoms with Crippen LogP contribution >= 0.6 is 0 Å². The fourth-order valence-corrected chi connectivity index (χ4v) is 1.69. The Kier molecular flexibility index (Phi) is 4.17. The third-order valence-corrected chi connectivity index (χ3v) is 2.67. The van der Waals surface area contributed by atoms with Gasteiger partial charge in [-0.15, -0.1) is 5.10 Å². The molecule has 0 radical (unpaired) electrons. The van der Waals surface area contributed by atoms with Crippen LogP contribution in [0.2, 0.25) is 0 Å². The summed E-state index contributed by atoms with van der Waals surface area (Å²) >= 11 is 0. The summed E-state index contributed by atoms with van der Waals surface area (Å²) in [6.07, 6.45) is 1.01. The summed E-state index contributed by atoms with van der Waals surface area (Å²) in [6, 6.07) is 10.8. The van der Waals surface area contributed by atoms with E-state index in [2.05, 4.69) is 39.6 Å². The molecule has 0 amide bonds. The van der Waals surface area contributed by atoms with Crippen LogP contribution in [0.1, 0.15) is 12.3 Å². The molecule has 1 aromatic carbocycles. The Bertz CT molecular complexity index is 469. The summed E-state index contributed by atoms with van der Waals surface area (Å²) in [4.78, 5) is 2.22. The highest BCUT2D eigenvalue weighted by molar-refractivity contribution is 5.44. The smallest absolute Gasteiger partial charge is 0.315 e. The summed E-state index contributed by atoms with van der Waals surface area (Å²) in [5.74, 6) is 0.582. The first-order valence-corrected chi connectivity index (χ1v) is 6.06. The van der Waals surface area contributed by atoms with Crippen LogP contribution in [-0.4, -0.2) is 30.3 Å². The molecule has 0 atom stereocenters. The van der Waals surface area contributed by atoms with E-state index in [0.717, 1.165) is 19.5 Å². The first kappa shape index (κ1) is 12.4. The molecule has 0 spiro atoms. The van der Waals surface area contributed by atoms with Crippen LogP contribution in [-0.2, 0) is 0 Å². The van der Waals surface area contributed by atoms with Crippen molar-refractivity contribution in [2.75, 3.05) is 30.4 Å². The summed E-state index contributed by atoms with van der Waals surface area (Å²) < 4.78 is 5.23. The van der Waals surface area contributed by atoms with Gasteiger partial charge in [0.1, 0.15) is 0 Å². The Labute approximate surface area is 107 Å². The predicted octanol–water partition coefficient (Wildman–Crippen LogP) is 2.32. The fourth-order valence-electron chi connectivity index (χ4n) is 1.69. The van der Waals surface area contributed by atoms with Crippen LogP contribution in [0, 0.1) is 6.92 Å². The predicted molar refractivity (Wildman–Crippen MR) is 71.9 cm³/mol. The van der Waals surface area contributed by atoms with Gasteiger partial charge in [-0.3, -0.25) is 0 Å². The number of anilines is 2. The lowest BCUT2D eigenvalue weighted by molar-refractivity contribution is 0.530. The number of benzene rings is 1. The molecular weight excluding hydrogens is 228 g/mol. The summed E-state index contributed by atoms with van der Waals surface area (Å²) in [6.45, 7) is 3.57. The van der Waals surface area contributed by atoms with Gasteiger partial charge in [0.25, 0.3) is 0 Å². The van der Waals surface area contributed by atoms with Crippen molar-refractivity contribution in [2.45, 2.75) is 13.3 Å². The Morgan fingerprint density at radius 1 is 1.22 bits per heavy atom. The molecule has 5 heteroatoms. The summed E-state index contributed by atoms with van der Waals surface area (Å²) in [5, 5.41) is 10.7. The van der Waals surface area contributed by atoms with Gasteiger partial charge in [-0.05, 0) is 18.6 Å². The SMILES string of the molecule is Cc1nnc(NCCCN(C)c2ccccc2)o1. The lowest BCUT2D eigenvalue weighted by atomic mass is 10.3. The van der Waals surface area contributed by atoms with Crippen LogP contribution in [0.5, 0.6) is 0 Å². The zero-order chi connectivity index (χ0) is 12.8. The molecule has 0 aliphatic carbocycles. The van der Waals surface area contributed by atoms with E-state index in [-0.39, 0.29) is 0 Å². The molecule has 2 rings (SSSR count). The number of hydrogen-bond acceptors (Lipinski definition) is 5. The third kappa shape index (κ3) is 3.48. The monoisotopic (exact) mass is 246 g/mol. The number of nitrogens with one attached hydrogen (secondary N) is 1. The van der Waals surface area contributed by atoms with Crippen molar-refractivity contribution in [1.29, 1.82) is 0 Å². The quantitative estimate of drug-likeness (QED) is 0.793. The molecular formula is C13H18N4O. The van der Waals surface area contributed by atoms with Gasteiger partial charge < -0.3 is 14.6 Å². The second-order valence-corrected chi connectivity index (χ2v) is 4.16. The Morgan fingerprint density at radius 3 is 2.67 bits per heavy atom. The van der Waals surface area contributed by atoms with Gasteiger partial charge in [0.2, 0.25) is 5.89 Å². The van der Waals surface area contributed by atoms with E-state index in [1.165, 1.54) is 5.69 Å². The minimum atomic E-state index is 0.495. The molecule has 5 nitrogen and oxygen atoms in total. The molecule has 0 aliphatic rings. The summed E-state index contributed by atoms with van der Waals surface area (Å²) in [5.41, 5.74) is 1.23. The van der Waals surface area contributed by atoms with Crippen LogP contribution in [0.4, 0.5) is 11.7 Å². The van der Waals surface area contributed by atoms with Gasteiger partial charge in [-0.25, -0.2) is 0 Å². The number of para-hydroxylation sites is 1. The Balaban J connectivity index is 1.69. The van der Waals surface area contributed by atoms with Crippen molar-refractivity contribution in [3.05, 3.63) is 36.2 Å². The first-order valence-electron chi connectivity index (χ1n) is 6.06. The van der Waals surface area contributed by atoms with Crippen LogP contribution in [0.15, 0.2) is 34.7 Å². The van der Waals surface area contributed by atoms with E-state index in [1.54, 1.807) is 6.92 Å². The molecule has 18 heavy (non-hydrogen) atoms. The van der Waals surface area contributed by atoms with E-state index >= 15 is 0 Å². The minimum absolute atomic E-state index is 0.495. The van der Waals surface area contributed by atoms with Gasteiger partial charge in [-0.1, -0.05) is 23.3 Å². The van der Waals surface area contributed by atoms with Gasteiger partial charge >= 0.3 is 6.01 Å². The number of hydrogen-bond donors (Lipinski definition) is 1. The van der Waals surface area contributed by atoms with Crippen LogP contribution in [0.25, 0.3) is 0 Å². The number of rotatable bonds is 6. The maximum Gasteiger partial charge on any atom is 0.315 e. The van der Waals surface area contributed by atoms with Crippen LogP contribution in [0.3, 0.4) is 0 Å². The van der Waals surface area contributed by atoms with E-state index in [9.17, 15) is 0 Å². The fraction of sp³-hybridized carbons (Fsp3) is 0.385. The molecule has 1 N–H and O–H groups in total. The highest BCUT2D eigenvalue weighted by atomic mass is 16.4. The van der Waals surface area contributed by atoms with E-state index in [1.807, 2.05) is 18.2 Å². The van der Waals surface area contributed by atoms with Crippen molar-refractivity contribution >= 4 is 11.7 Å². The molecule has 0 fully saturated rings. The standard InChI is InChI=1S/C13H18N4O/c1-11-15-16-13(18-11)14-9-6-10-17(2)12-7-4-3-5-8-12/h3-5,7-8H,6,9-10H2,1-2H3,(H,14,16). The van der Waals surface area contributed by atoms with Gasteiger partial charge in [0.05, 0.1) is 0 Å². The van der Waals surface area contributed by atoms with E-state index in [4.69, 9.17) is 4.42 Å². The molecule has 0 bridgehead atoms. The maximum absolute atomic E-state index is 5.23. The topological polar surface area (TPSA) is 54.2 Å². The number of nitrogens with zero attached hydrogens (tertiary/aromatic N) is 3. The highest BCUT2D eigenvalue weighted by Crippen LogP contribution is 2.11. The van der Waals surface area contributed by atoms with Gasteiger partial charge in [0.15, 0.2) is 0 Å². The summed E-state index contributed by atoms with van der Waals surface area (Å²) in [7, 11) is 2.09. The molecule has 96 valence electrons. The van der Waals surface area contributed by atoms with Crippen molar-refractivity contribution in [1.82, 2.24) is 10.2 Å². The average Bonchev–Trinajstić information content (AvgIpc) is 2.81. The van der Waals surface area contributed by atoms with Gasteiger partial charge in [0, 0.05) is 32.7 Å².